The van der Waals surface area contributed by atoms with Crippen molar-refractivity contribution >= 4 is 11.4 Å². The minimum atomic E-state index is 0.184. The number of hydrogen-bond acceptors (Lipinski definition) is 6. The first-order chi connectivity index (χ1) is 12.6. The predicted molar refractivity (Wildman–Crippen MR) is 102 cm³/mol. The Labute approximate surface area is 153 Å². The van der Waals surface area contributed by atoms with Crippen molar-refractivity contribution in [1.82, 2.24) is 0 Å². The maximum Gasteiger partial charge on any atom is 0.124 e. The van der Waals surface area contributed by atoms with E-state index in [2.05, 4.69) is 10.3 Å². The van der Waals surface area contributed by atoms with E-state index in [-0.39, 0.29) is 11.5 Å². The predicted octanol–water partition coefficient (Wildman–Crippen LogP) is 4.06. The molecule has 0 saturated heterocycles. The van der Waals surface area contributed by atoms with Crippen molar-refractivity contribution in [3.8, 4) is 11.5 Å². The van der Waals surface area contributed by atoms with E-state index in [0.717, 1.165) is 12.8 Å². The molecule has 0 heterocycles. The third-order valence-electron chi connectivity index (χ3n) is 3.71. The van der Waals surface area contributed by atoms with E-state index < -0.39 is 0 Å². The van der Waals surface area contributed by atoms with Crippen LogP contribution in [-0.2, 0) is 9.68 Å². The molecule has 0 amide bonds. The third kappa shape index (κ3) is 5.81. The van der Waals surface area contributed by atoms with E-state index in [1.165, 1.54) is 0 Å². The standard InChI is InChI=1S/C20H24N2O4/c1-15(17-9-3-5-11-19(17)23)21-25-13-7-8-14-26-22-16(2)18-10-4-6-12-20(18)24/h3-6,9-12,23-24H,7-8,13-14H2,1-2H3/b21-15+,22-16+. The first-order valence-electron chi connectivity index (χ1n) is 8.49. The molecule has 2 aromatic rings. The Bertz CT molecular complexity index is 706. The van der Waals surface area contributed by atoms with Gasteiger partial charge in [0.05, 0.1) is 11.4 Å². The summed E-state index contributed by atoms with van der Waals surface area (Å²) in [6, 6.07) is 14.0. The molecule has 0 unspecified atom stereocenters. The van der Waals surface area contributed by atoms with E-state index >= 15 is 0 Å². The van der Waals surface area contributed by atoms with Gasteiger partial charge in [0.15, 0.2) is 0 Å². The fourth-order valence-electron chi connectivity index (χ4n) is 2.28. The summed E-state index contributed by atoms with van der Waals surface area (Å²) in [7, 11) is 0. The van der Waals surface area contributed by atoms with Gasteiger partial charge in [-0.2, -0.15) is 0 Å². The fourth-order valence-corrected chi connectivity index (χ4v) is 2.28. The highest BCUT2D eigenvalue weighted by Gasteiger charge is 2.04. The SMILES string of the molecule is C/C(=N\OCCCCO/N=C(\C)c1ccccc1O)c1ccccc1O. The van der Waals surface area contributed by atoms with Crippen LogP contribution in [0.1, 0.15) is 37.8 Å². The summed E-state index contributed by atoms with van der Waals surface area (Å²) in [6.07, 6.45) is 1.53. The highest BCUT2D eigenvalue weighted by atomic mass is 16.6. The number of rotatable bonds is 9. The summed E-state index contributed by atoms with van der Waals surface area (Å²) >= 11 is 0. The molecule has 0 radical (unpaired) electrons. The third-order valence-corrected chi connectivity index (χ3v) is 3.71. The molecule has 0 saturated carbocycles. The first-order valence-corrected chi connectivity index (χ1v) is 8.49. The molecule has 0 fully saturated rings. The second-order valence-corrected chi connectivity index (χ2v) is 5.76. The van der Waals surface area contributed by atoms with Crippen LogP contribution in [0.5, 0.6) is 11.5 Å². The van der Waals surface area contributed by atoms with Gasteiger partial charge in [-0.1, -0.05) is 34.6 Å². The molecule has 6 heteroatoms. The van der Waals surface area contributed by atoms with E-state index in [9.17, 15) is 10.2 Å². The molecule has 0 atom stereocenters. The summed E-state index contributed by atoms with van der Waals surface area (Å²) in [5.74, 6) is 0.367. The van der Waals surface area contributed by atoms with Crippen LogP contribution in [-0.4, -0.2) is 34.9 Å². The minimum Gasteiger partial charge on any atom is -0.507 e. The number of benzene rings is 2. The Morgan fingerprint density at radius 3 is 1.50 bits per heavy atom. The van der Waals surface area contributed by atoms with Gasteiger partial charge in [0.25, 0.3) is 0 Å². The van der Waals surface area contributed by atoms with Gasteiger partial charge in [0.2, 0.25) is 0 Å². The Balaban J connectivity index is 1.65. The molecular weight excluding hydrogens is 332 g/mol. The van der Waals surface area contributed by atoms with Crippen LogP contribution in [0.3, 0.4) is 0 Å². The summed E-state index contributed by atoms with van der Waals surface area (Å²) in [5, 5.41) is 27.5. The maximum atomic E-state index is 9.74. The maximum absolute atomic E-state index is 9.74. The van der Waals surface area contributed by atoms with E-state index in [1.807, 2.05) is 12.1 Å². The lowest BCUT2D eigenvalue weighted by Crippen LogP contribution is -2.00. The van der Waals surface area contributed by atoms with E-state index in [4.69, 9.17) is 9.68 Å². The molecule has 2 aromatic carbocycles. The molecule has 0 aliphatic carbocycles. The number of nitrogens with zero attached hydrogens (tertiary/aromatic N) is 2. The number of hydrogen-bond donors (Lipinski definition) is 2. The van der Waals surface area contributed by atoms with Crippen LogP contribution in [0.25, 0.3) is 0 Å². The molecule has 0 aliphatic heterocycles. The number of phenols is 2. The second kappa shape index (κ2) is 10.1. The van der Waals surface area contributed by atoms with E-state index in [0.29, 0.717) is 35.8 Å². The zero-order valence-corrected chi connectivity index (χ0v) is 15.1. The number of unbranched alkanes of at least 4 members (excludes halogenated alkanes) is 1. The fraction of sp³-hybridized carbons (Fsp3) is 0.300. The van der Waals surface area contributed by atoms with Crippen molar-refractivity contribution in [3.05, 3.63) is 59.7 Å². The monoisotopic (exact) mass is 356 g/mol. The average molecular weight is 356 g/mol. The number of phenolic OH excluding ortho intramolecular Hbond substituents is 2. The second-order valence-electron chi connectivity index (χ2n) is 5.76. The van der Waals surface area contributed by atoms with Gasteiger partial charge in [0, 0.05) is 11.1 Å². The first kappa shape index (κ1) is 19.3. The van der Waals surface area contributed by atoms with Gasteiger partial charge >= 0.3 is 0 Å². The van der Waals surface area contributed by atoms with E-state index in [1.54, 1.807) is 50.2 Å². The van der Waals surface area contributed by atoms with Crippen molar-refractivity contribution < 1.29 is 19.9 Å². The number of para-hydroxylation sites is 2. The molecule has 0 spiro atoms. The summed E-state index contributed by atoms with van der Waals surface area (Å²) in [4.78, 5) is 10.5. The van der Waals surface area contributed by atoms with Crippen LogP contribution >= 0.6 is 0 Å². The smallest absolute Gasteiger partial charge is 0.124 e. The van der Waals surface area contributed by atoms with Crippen molar-refractivity contribution in [2.45, 2.75) is 26.7 Å². The van der Waals surface area contributed by atoms with Crippen LogP contribution in [0, 0.1) is 0 Å². The average Bonchev–Trinajstić information content (AvgIpc) is 2.64. The van der Waals surface area contributed by atoms with Gasteiger partial charge < -0.3 is 19.9 Å². The lowest BCUT2D eigenvalue weighted by molar-refractivity contribution is 0.111. The Hall–Kier alpha value is -3.02. The molecule has 6 nitrogen and oxygen atoms in total. The van der Waals surface area contributed by atoms with Gasteiger partial charge in [-0.15, -0.1) is 0 Å². The normalized spacial score (nSPS) is 12.1. The minimum absolute atomic E-state index is 0.184. The van der Waals surface area contributed by atoms with Gasteiger partial charge in [-0.3, -0.25) is 0 Å². The summed E-state index contributed by atoms with van der Waals surface area (Å²) in [5.41, 5.74) is 2.57. The zero-order valence-electron chi connectivity index (χ0n) is 15.1. The lowest BCUT2D eigenvalue weighted by atomic mass is 10.1. The van der Waals surface area contributed by atoms with Crippen LogP contribution in [0.15, 0.2) is 58.8 Å². The highest BCUT2D eigenvalue weighted by Crippen LogP contribution is 2.17. The van der Waals surface area contributed by atoms with Crippen molar-refractivity contribution in [2.75, 3.05) is 13.2 Å². The number of oxime groups is 2. The molecule has 0 aliphatic rings. The Morgan fingerprint density at radius 1 is 0.731 bits per heavy atom. The topological polar surface area (TPSA) is 83.6 Å². The Morgan fingerprint density at radius 2 is 1.12 bits per heavy atom. The lowest BCUT2D eigenvalue weighted by Gasteiger charge is -2.05. The molecule has 0 aromatic heterocycles. The quantitative estimate of drug-likeness (QED) is 0.403. The van der Waals surface area contributed by atoms with Gasteiger partial charge in [-0.25, -0.2) is 0 Å². The van der Waals surface area contributed by atoms with Crippen LogP contribution in [0.4, 0.5) is 0 Å². The molecule has 2 rings (SSSR count). The molecule has 2 N–H and O–H groups in total. The highest BCUT2D eigenvalue weighted by molar-refractivity contribution is 6.01. The molecule has 26 heavy (non-hydrogen) atoms. The largest absolute Gasteiger partial charge is 0.507 e. The van der Waals surface area contributed by atoms with Crippen molar-refractivity contribution in [3.63, 3.8) is 0 Å². The van der Waals surface area contributed by atoms with Gasteiger partial charge in [0.1, 0.15) is 24.7 Å². The number of aromatic hydroxyl groups is 2. The Kier molecular flexibility index (Phi) is 7.49. The van der Waals surface area contributed by atoms with Crippen LogP contribution in [0.2, 0.25) is 0 Å². The summed E-state index contributed by atoms with van der Waals surface area (Å²) < 4.78 is 0. The summed E-state index contributed by atoms with van der Waals surface area (Å²) in [6.45, 7) is 4.48. The van der Waals surface area contributed by atoms with Crippen molar-refractivity contribution in [1.29, 1.82) is 0 Å². The van der Waals surface area contributed by atoms with Crippen molar-refractivity contribution in [2.24, 2.45) is 10.3 Å². The van der Waals surface area contributed by atoms with Gasteiger partial charge in [-0.05, 0) is 51.0 Å². The van der Waals surface area contributed by atoms with Crippen LogP contribution < -0.4 is 0 Å². The molecular formula is C20H24N2O4. The molecule has 0 bridgehead atoms. The molecule has 138 valence electrons. The zero-order chi connectivity index (χ0) is 18.8.